The van der Waals surface area contributed by atoms with Crippen LogP contribution in [0.2, 0.25) is 0 Å². The SMILES string of the molecule is CC#CC1(NSc2cc(C3=CCN(C)CC3)c3ncc(C(=N)SC(=N)C4(C#N)CC4)n3c2)CC1. The van der Waals surface area contributed by atoms with E-state index in [2.05, 4.69) is 46.7 Å². The molecule has 5 rings (SSSR count). The van der Waals surface area contributed by atoms with Crippen molar-refractivity contribution in [2.75, 3.05) is 20.1 Å². The molecular formula is C25H27N7S2. The second-order valence-corrected chi connectivity index (χ2v) is 11.2. The molecule has 9 heteroatoms. The zero-order valence-electron chi connectivity index (χ0n) is 19.4. The van der Waals surface area contributed by atoms with Gasteiger partial charge in [-0.25, -0.2) is 9.71 Å². The summed E-state index contributed by atoms with van der Waals surface area (Å²) in [5, 5.41) is 27.0. The van der Waals surface area contributed by atoms with Gasteiger partial charge in [-0.05, 0) is 69.7 Å². The van der Waals surface area contributed by atoms with E-state index >= 15 is 0 Å². The van der Waals surface area contributed by atoms with Gasteiger partial charge in [-0.15, -0.1) is 5.92 Å². The van der Waals surface area contributed by atoms with E-state index in [1.54, 1.807) is 18.1 Å². The molecule has 0 amide bonds. The predicted octanol–water partition coefficient (Wildman–Crippen LogP) is 4.55. The van der Waals surface area contributed by atoms with Crippen molar-refractivity contribution >= 4 is 45.0 Å². The molecule has 2 fully saturated rings. The lowest BCUT2D eigenvalue weighted by Gasteiger charge is -2.23. The van der Waals surface area contributed by atoms with Gasteiger partial charge in [0, 0.05) is 29.7 Å². The van der Waals surface area contributed by atoms with Gasteiger partial charge in [0.15, 0.2) is 0 Å². The second kappa shape index (κ2) is 8.90. The molecular weight excluding hydrogens is 462 g/mol. The lowest BCUT2D eigenvalue weighted by molar-refractivity contribution is 0.370. The molecule has 3 aliphatic rings. The number of likely N-dealkylation sites (N-methyl/N-ethyl adjacent to an activating group) is 1. The van der Waals surface area contributed by atoms with Crippen LogP contribution in [0.5, 0.6) is 0 Å². The highest BCUT2D eigenvalue weighted by Crippen LogP contribution is 2.49. The molecule has 0 bridgehead atoms. The van der Waals surface area contributed by atoms with E-state index in [9.17, 15) is 5.26 Å². The van der Waals surface area contributed by atoms with Gasteiger partial charge in [0.2, 0.25) is 0 Å². The third-order valence-corrected chi connectivity index (χ3v) is 8.61. The highest BCUT2D eigenvalue weighted by Gasteiger charge is 2.48. The van der Waals surface area contributed by atoms with Crippen molar-refractivity contribution in [2.24, 2.45) is 5.41 Å². The van der Waals surface area contributed by atoms with Crippen LogP contribution in [-0.4, -0.2) is 50.0 Å². The molecule has 174 valence electrons. The summed E-state index contributed by atoms with van der Waals surface area (Å²) >= 11 is 2.65. The van der Waals surface area contributed by atoms with Crippen molar-refractivity contribution in [2.45, 2.75) is 49.5 Å². The van der Waals surface area contributed by atoms with Crippen molar-refractivity contribution < 1.29 is 0 Å². The van der Waals surface area contributed by atoms with E-state index < -0.39 is 5.41 Å². The molecule has 2 aromatic rings. The number of nitriles is 1. The summed E-state index contributed by atoms with van der Waals surface area (Å²) in [6.07, 6.45) is 10.5. The summed E-state index contributed by atoms with van der Waals surface area (Å²) in [6.45, 7) is 3.77. The van der Waals surface area contributed by atoms with Crippen molar-refractivity contribution in [3.63, 3.8) is 0 Å². The highest BCUT2D eigenvalue weighted by atomic mass is 32.2. The average Bonchev–Trinajstić information content (AvgIpc) is 3.75. The summed E-state index contributed by atoms with van der Waals surface area (Å²) in [6, 6.07) is 4.44. The normalized spacial score (nSPS) is 20.1. The Balaban J connectivity index is 1.49. The molecule has 0 unspecified atom stereocenters. The summed E-state index contributed by atoms with van der Waals surface area (Å²) in [5.74, 6) is 6.32. The van der Waals surface area contributed by atoms with Gasteiger partial charge in [0.1, 0.15) is 16.1 Å². The number of imidazole rings is 1. The van der Waals surface area contributed by atoms with E-state index in [1.807, 2.05) is 17.5 Å². The van der Waals surface area contributed by atoms with Crippen LogP contribution in [0.4, 0.5) is 0 Å². The van der Waals surface area contributed by atoms with Crippen LogP contribution in [0, 0.1) is 39.4 Å². The van der Waals surface area contributed by atoms with E-state index in [1.165, 1.54) is 5.57 Å². The number of hydrogen-bond acceptors (Lipinski definition) is 8. The first-order chi connectivity index (χ1) is 16.4. The molecule has 34 heavy (non-hydrogen) atoms. The first-order valence-corrected chi connectivity index (χ1v) is 13.1. The minimum atomic E-state index is -0.689. The Kier molecular flexibility index (Phi) is 6.07. The van der Waals surface area contributed by atoms with E-state index in [0.717, 1.165) is 60.2 Å². The number of thioether (sulfide) groups is 1. The van der Waals surface area contributed by atoms with Gasteiger partial charge in [-0.1, -0.05) is 23.8 Å². The summed E-state index contributed by atoms with van der Waals surface area (Å²) in [4.78, 5) is 8.02. The van der Waals surface area contributed by atoms with E-state index in [0.29, 0.717) is 18.5 Å². The molecule has 3 heterocycles. The maximum atomic E-state index is 9.42. The number of rotatable bonds is 6. The Hall–Kier alpha value is -2.56. The van der Waals surface area contributed by atoms with E-state index in [-0.39, 0.29) is 15.6 Å². The first-order valence-electron chi connectivity index (χ1n) is 11.4. The van der Waals surface area contributed by atoms with Crippen LogP contribution < -0.4 is 4.72 Å². The Morgan fingerprint density at radius 3 is 2.68 bits per heavy atom. The molecule has 2 saturated carbocycles. The fourth-order valence-electron chi connectivity index (χ4n) is 4.08. The van der Waals surface area contributed by atoms with Crippen LogP contribution in [-0.2, 0) is 0 Å². The average molecular weight is 490 g/mol. The fraction of sp³-hybridized carbons (Fsp3) is 0.440. The Morgan fingerprint density at radius 2 is 2.06 bits per heavy atom. The summed E-state index contributed by atoms with van der Waals surface area (Å²) in [7, 11) is 2.12. The maximum absolute atomic E-state index is 9.42. The second-order valence-electron chi connectivity index (χ2n) is 9.28. The number of fused-ring (bicyclic) bond motifs is 1. The molecule has 0 saturated heterocycles. The zero-order chi connectivity index (χ0) is 23.9. The zero-order valence-corrected chi connectivity index (χ0v) is 21.0. The molecule has 2 aromatic heterocycles. The van der Waals surface area contributed by atoms with Crippen LogP contribution in [0.25, 0.3) is 11.2 Å². The highest BCUT2D eigenvalue weighted by molar-refractivity contribution is 8.26. The molecule has 1 aliphatic heterocycles. The van der Waals surface area contributed by atoms with Crippen molar-refractivity contribution in [1.82, 2.24) is 19.0 Å². The van der Waals surface area contributed by atoms with Crippen LogP contribution in [0.15, 0.2) is 29.4 Å². The Bertz CT molecular complexity index is 1310. The molecule has 0 atom stereocenters. The molecule has 2 aliphatic carbocycles. The maximum Gasteiger partial charge on any atom is 0.144 e. The number of hydrogen-bond donors (Lipinski definition) is 3. The van der Waals surface area contributed by atoms with Crippen LogP contribution in [0.1, 0.15) is 50.3 Å². The third kappa shape index (κ3) is 4.42. The summed E-state index contributed by atoms with van der Waals surface area (Å²) < 4.78 is 5.52. The minimum absolute atomic E-state index is 0.105. The van der Waals surface area contributed by atoms with Gasteiger partial charge in [0.05, 0.1) is 28.5 Å². The third-order valence-electron chi connectivity index (χ3n) is 6.65. The fourth-order valence-corrected chi connectivity index (χ4v) is 5.89. The van der Waals surface area contributed by atoms with E-state index in [4.69, 9.17) is 15.8 Å². The van der Waals surface area contributed by atoms with Crippen molar-refractivity contribution in [3.8, 4) is 17.9 Å². The number of aromatic nitrogens is 2. The minimum Gasteiger partial charge on any atom is -0.302 e. The van der Waals surface area contributed by atoms with Gasteiger partial charge in [-0.3, -0.25) is 15.2 Å². The molecule has 0 radical (unpaired) electrons. The van der Waals surface area contributed by atoms with Gasteiger partial charge < -0.3 is 4.90 Å². The Labute approximate surface area is 208 Å². The smallest absolute Gasteiger partial charge is 0.144 e. The summed E-state index contributed by atoms with van der Waals surface area (Å²) in [5.41, 5.74) is 3.03. The largest absolute Gasteiger partial charge is 0.302 e. The van der Waals surface area contributed by atoms with Gasteiger partial charge in [-0.2, -0.15) is 5.26 Å². The number of pyridine rings is 1. The first kappa shape index (κ1) is 23.2. The standard InChI is InChI=1S/C25H27N7S2/c1-3-6-25(9-10-25)30-34-18-13-19(17-4-11-31(2)12-5-17)22-29-14-20(32(22)15-18)21(27)33-23(28)24(16-26)7-8-24/h4,13-15,27-28,30H,5,7-12H2,1-2H3. The van der Waals surface area contributed by atoms with Crippen molar-refractivity contribution in [3.05, 3.63) is 35.8 Å². The van der Waals surface area contributed by atoms with Gasteiger partial charge >= 0.3 is 0 Å². The topological polar surface area (TPSA) is 104 Å². The monoisotopic (exact) mass is 489 g/mol. The molecule has 7 nitrogen and oxygen atoms in total. The predicted molar refractivity (Wildman–Crippen MR) is 139 cm³/mol. The Morgan fingerprint density at radius 1 is 1.26 bits per heavy atom. The van der Waals surface area contributed by atoms with Crippen LogP contribution >= 0.6 is 23.7 Å². The van der Waals surface area contributed by atoms with Crippen LogP contribution in [0.3, 0.4) is 0 Å². The lowest BCUT2D eigenvalue weighted by atomic mass is 10.0. The molecule has 0 aromatic carbocycles. The molecule has 3 N–H and O–H groups in total. The van der Waals surface area contributed by atoms with Gasteiger partial charge in [0.25, 0.3) is 0 Å². The number of nitrogens with one attached hydrogen (secondary N) is 3. The quantitative estimate of drug-likeness (QED) is 0.238. The van der Waals surface area contributed by atoms with Crippen molar-refractivity contribution in [1.29, 1.82) is 16.1 Å². The molecule has 0 spiro atoms. The number of nitrogens with zero attached hydrogens (tertiary/aromatic N) is 4. The lowest BCUT2D eigenvalue weighted by Crippen LogP contribution is -2.24.